The van der Waals surface area contributed by atoms with Crippen LogP contribution in [0.5, 0.6) is 0 Å². The smallest absolute Gasteiger partial charge is 0.330 e. The van der Waals surface area contributed by atoms with Crippen molar-refractivity contribution in [3.05, 3.63) is 0 Å². The van der Waals surface area contributed by atoms with Crippen molar-refractivity contribution in [3.63, 3.8) is 0 Å². The first-order chi connectivity index (χ1) is 14.2. The van der Waals surface area contributed by atoms with Crippen molar-refractivity contribution in [2.45, 2.75) is 96.7 Å². The highest BCUT2D eigenvalue weighted by Gasteiger charge is 2.25. The fourth-order valence-corrected chi connectivity index (χ4v) is 4.00. The molecule has 180 valence electrons. The third-order valence-corrected chi connectivity index (χ3v) is 5.70. The van der Waals surface area contributed by atoms with Crippen molar-refractivity contribution in [2.24, 2.45) is 0 Å². The molecule has 7 nitrogen and oxygen atoms in total. The molecule has 2 N–H and O–H groups in total. The zero-order chi connectivity index (χ0) is 22.8. The van der Waals surface area contributed by atoms with E-state index in [4.69, 9.17) is 18.9 Å². The maximum Gasteiger partial charge on any atom is 0.330 e. The maximum absolute atomic E-state index is 11.0. The molecule has 0 aromatic heterocycles. The van der Waals surface area contributed by atoms with Crippen LogP contribution in [0, 0.1) is 0 Å². The van der Waals surface area contributed by atoms with E-state index in [0.717, 1.165) is 38.7 Å². The average molecular weight is 453 g/mol. The normalized spacial score (nSPS) is 15.1. The SMILES string of the molecule is CCCCCCCC(CC)OCCCCCO[P@](O)OC(CC(=O)O)C[N+](C)(C)C. The van der Waals surface area contributed by atoms with Gasteiger partial charge in [0.2, 0.25) is 0 Å². The predicted molar refractivity (Wildman–Crippen MR) is 122 cm³/mol. The molecule has 0 aliphatic heterocycles. The van der Waals surface area contributed by atoms with Gasteiger partial charge in [-0.2, -0.15) is 0 Å². The first-order valence-corrected chi connectivity index (χ1v) is 12.7. The standard InChI is InChI=1S/C22H46NO6P/c1-6-8-9-10-12-15-20(7-2)27-16-13-11-14-17-28-30(26)29-21(18-22(24)25)19-23(3,4)5/h20-21,26H,6-19H2,1-5H3/p+1/t20?,21?,30-/m0/s1. The van der Waals surface area contributed by atoms with Crippen LogP contribution in [0.25, 0.3) is 0 Å². The van der Waals surface area contributed by atoms with Crippen molar-refractivity contribution >= 4 is 14.6 Å². The molecule has 3 atom stereocenters. The van der Waals surface area contributed by atoms with E-state index in [1.54, 1.807) is 0 Å². The molecular weight excluding hydrogens is 405 g/mol. The monoisotopic (exact) mass is 452 g/mol. The van der Waals surface area contributed by atoms with Crippen molar-refractivity contribution in [1.29, 1.82) is 0 Å². The van der Waals surface area contributed by atoms with Crippen molar-refractivity contribution in [1.82, 2.24) is 0 Å². The summed E-state index contributed by atoms with van der Waals surface area (Å²) in [4.78, 5) is 21.0. The number of rotatable bonds is 21. The van der Waals surface area contributed by atoms with Crippen molar-refractivity contribution < 1.29 is 33.1 Å². The second kappa shape index (κ2) is 18.3. The van der Waals surface area contributed by atoms with E-state index in [-0.39, 0.29) is 6.42 Å². The number of carboxylic acid groups (broad SMARTS) is 1. The minimum atomic E-state index is -2.06. The molecule has 0 bridgehead atoms. The van der Waals surface area contributed by atoms with Crippen LogP contribution in [-0.4, -0.2) is 73.6 Å². The van der Waals surface area contributed by atoms with E-state index < -0.39 is 20.7 Å². The topological polar surface area (TPSA) is 85.2 Å². The number of ether oxygens (including phenoxy) is 1. The molecule has 0 aliphatic rings. The number of hydrogen-bond acceptors (Lipinski definition) is 5. The summed E-state index contributed by atoms with van der Waals surface area (Å²) in [7, 11) is 3.81. The van der Waals surface area contributed by atoms with E-state index in [9.17, 15) is 9.69 Å². The number of likely N-dealkylation sites (N-methyl/N-ethyl adjacent to an activating group) is 1. The van der Waals surface area contributed by atoms with Gasteiger partial charge in [-0.25, -0.2) is 0 Å². The molecule has 0 heterocycles. The van der Waals surface area contributed by atoms with Crippen LogP contribution in [0.2, 0.25) is 0 Å². The third kappa shape index (κ3) is 19.7. The molecule has 0 saturated carbocycles. The number of aliphatic carboxylic acids is 1. The van der Waals surface area contributed by atoms with E-state index >= 15 is 0 Å². The van der Waals surface area contributed by atoms with Crippen LogP contribution >= 0.6 is 8.60 Å². The third-order valence-electron chi connectivity index (χ3n) is 4.82. The number of carboxylic acids is 1. The zero-order valence-electron chi connectivity index (χ0n) is 20.0. The Hall–Kier alpha value is -0.300. The molecule has 0 radical (unpaired) electrons. The van der Waals surface area contributed by atoms with Gasteiger partial charge in [-0.15, -0.1) is 0 Å². The Labute approximate surface area is 185 Å². The number of nitrogens with zero attached hydrogens (tertiary/aromatic N) is 1. The van der Waals surface area contributed by atoms with Crippen LogP contribution in [0.15, 0.2) is 0 Å². The number of carbonyl (C=O) groups is 1. The highest BCUT2D eigenvalue weighted by Crippen LogP contribution is 2.36. The van der Waals surface area contributed by atoms with Crippen molar-refractivity contribution in [2.75, 3.05) is 40.9 Å². The van der Waals surface area contributed by atoms with E-state index in [2.05, 4.69) is 13.8 Å². The lowest BCUT2D eigenvalue weighted by Crippen LogP contribution is -2.42. The lowest BCUT2D eigenvalue weighted by molar-refractivity contribution is -0.873. The van der Waals surface area contributed by atoms with Gasteiger partial charge < -0.3 is 28.3 Å². The number of unbranched alkanes of at least 4 members (excludes halogenated alkanes) is 6. The molecule has 0 fully saturated rings. The van der Waals surface area contributed by atoms with Crippen LogP contribution < -0.4 is 0 Å². The highest BCUT2D eigenvalue weighted by molar-refractivity contribution is 7.40. The fourth-order valence-electron chi connectivity index (χ4n) is 3.25. The summed E-state index contributed by atoms with van der Waals surface area (Å²) in [6, 6.07) is 0. The molecule has 8 heteroatoms. The van der Waals surface area contributed by atoms with Gasteiger partial charge in [0.25, 0.3) is 0 Å². The Balaban J connectivity index is 3.83. The zero-order valence-corrected chi connectivity index (χ0v) is 20.9. The molecule has 0 aromatic carbocycles. The molecule has 2 unspecified atom stereocenters. The molecule has 0 saturated heterocycles. The van der Waals surface area contributed by atoms with Crippen molar-refractivity contribution in [3.8, 4) is 0 Å². The summed E-state index contributed by atoms with van der Waals surface area (Å²) in [5.74, 6) is -0.941. The van der Waals surface area contributed by atoms with Gasteiger partial charge in [0.1, 0.15) is 12.6 Å². The first-order valence-electron chi connectivity index (χ1n) is 11.6. The molecule has 0 aromatic rings. The Bertz CT molecular complexity index is 419. The van der Waals surface area contributed by atoms with Crippen LogP contribution in [0.4, 0.5) is 0 Å². The van der Waals surface area contributed by atoms with Gasteiger partial charge in [0, 0.05) is 6.61 Å². The van der Waals surface area contributed by atoms with Crippen LogP contribution in [0.1, 0.15) is 84.5 Å². The minimum absolute atomic E-state index is 0.146. The van der Waals surface area contributed by atoms with Gasteiger partial charge in [-0.3, -0.25) is 4.79 Å². The summed E-state index contributed by atoms with van der Waals surface area (Å²) in [5.41, 5.74) is 0. The maximum atomic E-state index is 11.0. The van der Waals surface area contributed by atoms with Gasteiger partial charge in [0.05, 0.1) is 40.3 Å². The van der Waals surface area contributed by atoms with Crippen LogP contribution in [-0.2, 0) is 18.6 Å². The quantitative estimate of drug-likeness (QED) is 0.143. The molecule has 30 heavy (non-hydrogen) atoms. The van der Waals surface area contributed by atoms with E-state index in [0.29, 0.717) is 23.7 Å². The van der Waals surface area contributed by atoms with E-state index in [1.165, 1.54) is 32.1 Å². The minimum Gasteiger partial charge on any atom is -0.481 e. The largest absolute Gasteiger partial charge is 0.481 e. The highest BCUT2D eigenvalue weighted by atomic mass is 31.2. The second-order valence-electron chi connectivity index (χ2n) is 9.03. The first kappa shape index (κ1) is 29.7. The van der Waals surface area contributed by atoms with Gasteiger partial charge >= 0.3 is 14.6 Å². The Morgan fingerprint density at radius 3 is 2.17 bits per heavy atom. The lowest BCUT2D eigenvalue weighted by atomic mass is 10.1. The molecular formula is C22H47NO6P+. The fraction of sp³-hybridized carbons (Fsp3) is 0.955. The summed E-state index contributed by atoms with van der Waals surface area (Å²) in [6.07, 6.45) is 11.1. The summed E-state index contributed by atoms with van der Waals surface area (Å²) < 4.78 is 17.4. The Kier molecular flexibility index (Phi) is 18.1. The van der Waals surface area contributed by atoms with Gasteiger partial charge in [0.15, 0.2) is 0 Å². The summed E-state index contributed by atoms with van der Waals surface area (Å²) >= 11 is 0. The molecule has 0 aliphatic carbocycles. The second-order valence-corrected chi connectivity index (χ2v) is 9.98. The predicted octanol–water partition coefficient (Wildman–Crippen LogP) is 5.11. The molecule has 0 rings (SSSR count). The molecule has 0 amide bonds. The van der Waals surface area contributed by atoms with Gasteiger partial charge in [-0.1, -0.05) is 46.0 Å². The van der Waals surface area contributed by atoms with Crippen LogP contribution in [0.3, 0.4) is 0 Å². The number of quaternary nitrogens is 1. The lowest BCUT2D eigenvalue weighted by Gasteiger charge is -2.29. The summed E-state index contributed by atoms with van der Waals surface area (Å²) in [6.45, 7) is 6.08. The Morgan fingerprint density at radius 2 is 1.57 bits per heavy atom. The number of hydrogen-bond donors (Lipinski definition) is 2. The summed E-state index contributed by atoms with van der Waals surface area (Å²) in [5, 5.41) is 9.01. The molecule has 0 spiro atoms. The Morgan fingerprint density at radius 1 is 0.933 bits per heavy atom. The van der Waals surface area contributed by atoms with E-state index in [1.807, 2.05) is 21.1 Å². The van der Waals surface area contributed by atoms with Gasteiger partial charge in [-0.05, 0) is 32.1 Å². The average Bonchev–Trinajstić information content (AvgIpc) is 2.63.